The van der Waals surface area contributed by atoms with Gasteiger partial charge >= 0.3 is 0 Å². The number of hydrogen-bond acceptors (Lipinski definition) is 3. The van der Waals surface area contributed by atoms with Crippen molar-refractivity contribution in [2.24, 2.45) is 11.8 Å². The molecule has 0 aliphatic heterocycles. The van der Waals surface area contributed by atoms with Crippen molar-refractivity contribution in [2.75, 3.05) is 11.5 Å². The van der Waals surface area contributed by atoms with Crippen molar-refractivity contribution in [3.05, 3.63) is 35.1 Å². The van der Waals surface area contributed by atoms with E-state index in [9.17, 15) is 4.39 Å². The van der Waals surface area contributed by atoms with Gasteiger partial charge in [0.25, 0.3) is 0 Å². The Morgan fingerprint density at radius 2 is 2.06 bits per heavy atom. The summed E-state index contributed by atoms with van der Waals surface area (Å²) in [6.45, 7) is 6.36. The van der Waals surface area contributed by atoms with Crippen molar-refractivity contribution < 1.29 is 4.39 Å². The van der Waals surface area contributed by atoms with Gasteiger partial charge in [0.05, 0.1) is 0 Å². The van der Waals surface area contributed by atoms with Gasteiger partial charge in [-0.2, -0.15) is 11.8 Å². The third-order valence-electron chi connectivity index (χ3n) is 2.78. The topological polar surface area (TPSA) is 38.0 Å². The number of nitrogens with one attached hydrogen (secondary N) is 1. The molecule has 4 heteroatoms. The van der Waals surface area contributed by atoms with Crippen molar-refractivity contribution in [2.45, 2.75) is 33.2 Å². The van der Waals surface area contributed by atoms with E-state index in [0.29, 0.717) is 5.92 Å². The van der Waals surface area contributed by atoms with E-state index in [1.165, 1.54) is 6.07 Å². The molecule has 0 heterocycles. The Hall–Kier alpha value is -0.580. The summed E-state index contributed by atoms with van der Waals surface area (Å²) in [6, 6.07) is 5.17. The van der Waals surface area contributed by atoms with Crippen LogP contribution in [0, 0.1) is 18.7 Å². The first-order chi connectivity index (χ1) is 8.52. The minimum Gasteiger partial charge on any atom is -0.271 e. The Balaban J connectivity index is 2.51. The van der Waals surface area contributed by atoms with Crippen molar-refractivity contribution >= 4 is 11.8 Å². The number of benzene rings is 1. The standard InChI is InChI=1S/C14H23FN2S/c1-10(2)8-18-9-14(17-16)7-12-4-5-13(15)6-11(12)3/h4-6,10,14,17H,7-9,16H2,1-3H3. The van der Waals surface area contributed by atoms with Crippen LogP contribution in [0.1, 0.15) is 25.0 Å². The van der Waals surface area contributed by atoms with E-state index in [0.717, 1.165) is 29.1 Å². The van der Waals surface area contributed by atoms with Crippen molar-refractivity contribution in [3.63, 3.8) is 0 Å². The second-order valence-electron chi connectivity index (χ2n) is 5.07. The van der Waals surface area contributed by atoms with Gasteiger partial charge in [0.2, 0.25) is 0 Å². The fourth-order valence-electron chi connectivity index (χ4n) is 1.77. The van der Waals surface area contributed by atoms with E-state index in [1.807, 2.05) is 24.8 Å². The van der Waals surface area contributed by atoms with Gasteiger partial charge in [-0.25, -0.2) is 4.39 Å². The zero-order valence-corrected chi connectivity index (χ0v) is 12.2. The molecular weight excluding hydrogens is 247 g/mol. The molecule has 1 aromatic rings. The maximum atomic E-state index is 13.0. The highest BCUT2D eigenvalue weighted by molar-refractivity contribution is 7.99. The quantitative estimate of drug-likeness (QED) is 0.591. The first-order valence-electron chi connectivity index (χ1n) is 6.31. The maximum absolute atomic E-state index is 13.0. The molecule has 0 radical (unpaired) electrons. The van der Waals surface area contributed by atoms with E-state index in [2.05, 4.69) is 19.3 Å². The van der Waals surface area contributed by atoms with Crippen LogP contribution in [-0.4, -0.2) is 17.5 Å². The monoisotopic (exact) mass is 270 g/mol. The van der Waals surface area contributed by atoms with Crippen LogP contribution in [0.15, 0.2) is 18.2 Å². The summed E-state index contributed by atoms with van der Waals surface area (Å²) in [5.41, 5.74) is 5.00. The number of thioether (sulfide) groups is 1. The molecule has 1 atom stereocenters. The van der Waals surface area contributed by atoms with Gasteiger partial charge in [0, 0.05) is 11.8 Å². The molecule has 3 N–H and O–H groups in total. The first kappa shape index (κ1) is 15.5. The van der Waals surface area contributed by atoms with Gasteiger partial charge in [-0.3, -0.25) is 11.3 Å². The molecule has 0 bridgehead atoms. The van der Waals surface area contributed by atoms with Gasteiger partial charge in [0.1, 0.15) is 5.82 Å². The lowest BCUT2D eigenvalue weighted by atomic mass is 10.0. The molecule has 1 unspecified atom stereocenters. The Bertz CT molecular complexity index is 369. The van der Waals surface area contributed by atoms with E-state index < -0.39 is 0 Å². The van der Waals surface area contributed by atoms with Gasteiger partial charge in [-0.05, 0) is 48.3 Å². The zero-order valence-electron chi connectivity index (χ0n) is 11.4. The minimum absolute atomic E-state index is 0.178. The average molecular weight is 270 g/mol. The summed E-state index contributed by atoms with van der Waals surface area (Å²) in [6.07, 6.45) is 0.841. The maximum Gasteiger partial charge on any atom is 0.123 e. The lowest BCUT2D eigenvalue weighted by molar-refractivity contribution is 0.571. The third kappa shape index (κ3) is 5.38. The molecule has 1 rings (SSSR count). The van der Waals surface area contributed by atoms with Crippen LogP contribution < -0.4 is 11.3 Å². The van der Waals surface area contributed by atoms with Crippen LogP contribution in [0.25, 0.3) is 0 Å². The summed E-state index contributed by atoms with van der Waals surface area (Å²) in [4.78, 5) is 0. The highest BCUT2D eigenvalue weighted by Gasteiger charge is 2.10. The van der Waals surface area contributed by atoms with Crippen LogP contribution >= 0.6 is 11.8 Å². The van der Waals surface area contributed by atoms with Gasteiger partial charge in [0.15, 0.2) is 0 Å². The number of halogens is 1. The van der Waals surface area contributed by atoms with Crippen molar-refractivity contribution in [1.29, 1.82) is 0 Å². The zero-order chi connectivity index (χ0) is 13.5. The summed E-state index contributed by atoms with van der Waals surface area (Å²) in [7, 11) is 0. The van der Waals surface area contributed by atoms with Crippen molar-refractivity contribution in [3.8, 4) is 0 Å². The highest BCUT2D eigenvalue weighted by atomic mass is 32.2. The number of aryl methyl sites for hydroxylation is 1. The smallest absolute Gasteiger partial charge is 0.123 e. The van der Waals surface area contributed by atoms with Crippen LogP contribution in [0.5, 0.6) is 0 Å². The van der Waals surface area contributed by atoms with Gasteiger partial charge < -0.3 is 0 Å². The van der Waals surface area contributed by atoms with E-state index in [1.54, 1.807) is 6.07 Å². The first-order valence-corrected chi connectivity index (χ1v) is 7.47. The molecule has 0 saturated heterocycles. The molecule has 102 valence electrons. The number of rotatable bonds is 7. The number of hydrogen-bond donors (Lipinski definition) is 2. The molecule has 0 aliphatic rings. The normalized spacial score (nSPS) is 13.0. The van der Waals surface area contributed by atoms with Gasteiger partial charge in [-0.15, -0.1) is 0 Å². The number of nitrogens with two attached hydrogens (primary N) is 1. The molecule has 0 amide bonds. The fraction of sp³-hybridized carbons (Fsp3) is 0.571. The van der Waals surface area contributed by atoms with E-state index in [4.69, 9.17) is 5.84 Å². The Kier molecular flexibility index (Phi) is 6.68. The number of hydrazine groups is 1. The molecule has 0 saturated carbocycles. The second-order valence-corrected chi connectivity index (χ2v) is 6.14. The lowest BCUT2D eigenvalue weighted by Gasteiger charge is -2.17. The Morgan fingerprint density at radius 3 is 2.61 bits per heavy atom. The molecule has 0 spiro atoms. The summed E-state index contributed by atoms with van der Waals surface area (Å²) < 4.78 is 13.0. The molecule has 2 nitrogen and oxygen atoms in total. The summed E-state index contributed by atoms with van der Waals surface area (Å²) in [5, 5.41) is 0. The van der Waals surface area contributed by atoms with Crippen LogP contribution in [-0.2, 0) is 6.42 Å². The molecule has 0 aliphatic carbocycles. The van der Waals surface area contributed by atoms with Gasteiger partial charge in [-0.1, -0.05) is 19.9 Å². The van der Waals surface area contributed by atoms with E-state index in [-0.39, 0.29) is 11.9 Å². The second kappa shape index (κ2) is 7.77. The molecule has 18 heavy (non-hydrogen) atoms. The SMILES string of the molecule is Cc1cc(F)ccc1CC(CSCC(C)C)NN. The molecule has 1 aromatic carbocycles. The largest absolute Gasteiger partial charge is 0.271 e. The molecular formula is C14H23FN2S. The summed E-state index contributed by atoms with van der Waals surface area (Å²) >= 11 is 1.91. The fourth-order valence-corrected chi connectivity index (χ4v) is 2.87. The van der Waals surface area contributed by atoms with Crippen LogP contribution in [0.2, 0.25) is 0 Å². The average Bonchev–Trinajstić information content (AvgIpc) is 2.30. The lowest BCUT2D eigenvalue weighted by Crippen LogP contribution is -2.39. The Morgan fingerprint density at radius 1 is 1.33 bits per heavy atom. The predicted molar refractivity (Wildman–Crippen MR) is 78.1 cm³/mol. The Labute approximate surface area is 113 Å². The highest BCUT2D eigenvalue weighted by Crippen LogP contribution is 2.15. The minimum atomic E-state index is -0.178. The van der Waals surface area contributed by atoms with Crippen LogP contribution in [0.4, 0.5) is 4.39 Å². The summed E-state index contributed by atoms with van der Waals surface area (Å²) in [5.74, 6) is 8.21. The molecule has 0 aromatic heterocycles. The van der Waals surface area contributed by atoms with Crippen LogP contribution in [0.3, 0.4) is 0 Å². The van der Waals surface area contributed by atoms with Crippen molar-refractivity contribution in [1.82, 2.24) is 5.43 Å². The molecule has 0 fully saturated rings. The predicted octanol–water partition coefficient (Wildman–Crippen LogP) is 2.90. The third-order valence-corrected chi connectivity index (χ3v) is 4.32. The van der Waals surface area contributed by atoms with E-state index >= 15 is 0 Å².